The minimum atomic E-state index is -1.04. The molecule has 19 heavy (non-hydrogen) atoms. The largest absolute Gasteiger partial charge is 0.478 e. The van der Waals surface area contributed by atoms with Crippen molar-refractivity contribution in [3.63, 3.8) is 0 Å². The van der Waals surface area contributed by atoms with Gasteiger partial charge >= 0.3 is 5.97 Å². The second kappa shape index (κ2) is 5.76. The number of carbonyl (C=O) groups is 1. The maximum Gasteiger partial charge on any atom is 0.349 e. The Kier molecular flexibility index (Phi) is 4.07. The van der Waals surface area contributed by atoms with Gasteiger partial charge in [-0.1, -0.05) is 35.9 Å². The van der Waals surface area contributed by atoms with E-state index < -0.39 is 12.1 Å². The summed E-state index contributed by atoms with van der Waals surface area (Å²) >= 11 is 5.79. The predicted molar refractivity (Wildman–Crippen MR) is 73.6 cm³/mol. The van der Waals surface area contributed by atoms with E-state index in [0.717, 1.165) is 5.56 Å². The van der Waals surface area contributed by atoms with Crippen LogP contribution in [0.25, 0.3) is 0 Å². The summed E-state index contributed by atoms with van der Waals surface area (Å²) in [6.07, 6.45) is -1.04. The first-order valence-electron chi connectivity index (χ1n) is 5.78. The lowest BCUT2D eigenvalue weighted by Gasteiger charge is -2.15. The first kappa shape index (κ1) is 13.4. The Hall–Kier alpha value is -2.00. The SMILES string of the molecule is Cc1cccc(O[C@@H](C(=O)O)c2ccc(Cl)cc2)c1. The van der Waals surface area contributed by atoms with Gasteiger partial charge in [0.05, 0.1) is 0 Å². The molecule has 2 aromatic carbocycles. The molecule has 1 N–H and O–H groups in total. The lowest BCUT2D eigenvalue weighted by molar-refractivity contribution is -0.145. The average molecular weight is 277 g/mol. The highest BCUT2D eigenvalue weighted by atomic mass is 35.5. The van der Waals surface area contributed by atoms with E-state index in [4.69, 9.17) is 16.3 Å². The summed E-state index contributed by atoms with van der Waals surface area (Å²) in [5, 5.41) is 9.83. The number of rotatable bonds is 4. The van der Waals surface area contributed by atoms with Gasteiger partial charge in [-0.25, -0.2) is 4.79 Å². The van der Waals surface area contributed by atoms with Crippen molar-refractivity contribution in [1.29, 1.82) is 0 Å². The molecule has 2 aromatic rings. The molecule has 0 spiro atoms. The van der Waals surface area contributed by atoms with Crippen molar-refractivity contribution >= 4 is 17.6 Å². The van der Waals surface area contributed by atoms with E-state index in [9.17, 15) is 9.90 Å². The lowest BCUT2D eigenvalue weighted by atomic mass is 10.1. The molecule has 98 valence electrons. The van der Waals surface area contributed by atoms with Gasteiger partial charge in [0.25, 0.3) is 0 Å². The summed E-state index contributed by atoms with van der Waals surface area (Å²) in [5.74, 6) is -0.508. The Bertz CT molecular complexity index is 578. The summed E-state index contributed by atoms with van der Waals surface area (Å²) < 4.78 is 5.54. The van der Waals surface area contributed by atoms with Crippen molar-refractivity contribution in [2.24, 2.45) is 0 Å². The van der Waals surface area contributed by atoms with Crippen LogP contribution in [0.3, 0.4) is 0 Å². The molecule has 0 unspecified atom stereocenters. The quantitative estimate of drug-likeness (QED) is 0.922. The molecule has 0 radical (unpaired) electrons. The van der Waals surface area contributed by atoms with Gasteiger partial charge in [-0.3, -0.25) is 0 Å². The molecular weight excluding hydrogens is 264 g/mol. The summed E-state index contributed by atoms with van der Waals surface area (Å²) in [4.78, 5) is 11.3. The number of carboxylic acids is 1. The summed E-state index contributed by atoms with van der Waals surface area (Å²) in [7, 11) is 0. The monoisotopic (exact) mass is 276 g/mol. The molecule has 4 heteroatoms. The van der Waals surface area contributed by atoms with Crippen molar-refractivity contribution in [1.82, 2.24) is 0 Å². The normalized spacial score (nSPS) is 11.9. The Labute approximate surface area is 116 Å². The molecule has 0 amide bonds. The van der Waals surface area contributed by atoms with Gasteiger partial charge in [-0.05, 0) is 36.8 Å². The van der Waals surface area contributed by atoms with Gasteiger partial charge in [0.1, 0.15) is 5.75 Å². The van der Waals surface area contributed by atoms with Crippen LogP contribution in [0.4, 0.5) is 0 Å². The van der Waals surface area contributed by atoms with Crippen molar-refractivity contribution in [3.8, 4) is 5.75 Å². The maximum absolute atomic E-state index is 11.3. The molecule has 0 aliphatic rings. The zero-order chi connectivity index (χ0) is 13.8. The van der Waals surface area contributed by atoms with Crippen molar-refractivity contribution in [2.75, 3.05) is 0 Å². The molecule has 0 aliphatic heterocycles. The van der Waals surface area contributed by atoms with Crippen molar-refractivity contribution in [3.05, 3.63) is 64.7 Å². The zero-order valence-corrected chi connectivity index (χ0v) is 11.1. The van der Waals surface area contributed by atoms with Crippen LogP contribution in [-0.4, -0.2) is 11.1 Å². The molecule has 0 fully saturated rings. The van der Waals surface area contributed by atoms with Crippen LogP contribution in [0.15, 0.2) is 48.5 Å². The topological polar surface area (TPSA) is 46.5 Å². The molecule has 0 heterocycles. The van der Waals surface area contributed by atoms with Gasteiger partial charge in [0.2, 0.25) is 6.10 Å². The minimum absolute atomic E-state index is 0.530. The number of carboxylic acid groups (broad SMARTS) is 1. The molecular formula is C15H13ClO3. The number of aryl methyl sites for hydroxylation is 1. The number of benzene rings is 2. The van der Waals surface area contributed by atoms with Gasteiger partial charge in [0.15, 0.2) is 0 Å². The fourth-order valence-electron chi connectivity index (χ4n) is 1.72. The zero-order valence-electron chi connectivity index (χ0n) is 10.3. The summed E-state index contributed by atoms with van der Waals surface area (Å²) in [5.41, 5.74) is 1.57. The van der Waals surface area contributed by atoms with Crippen molar-refractivity contribution < 1.29 is 14.6 Å². The Morgan fingerprint density at radius 1 is 1.21 bits per heavy atom. The fourth-order valence-corrected chi connectivity index (χ4v) is 1.85. The van der Waals surface area contributed by atoms with Crippen LogP contribution in [0, 0.1) is 6.92 Å². The number of halogens is 1. The van der Waals surface area contributed by atoms with E-state index in [1.54, 1.807) is 36.4 Å². The first-order chi connectivity index (χ1) is 9.06. The second-order valence-electron chi connectivity index (χ2n) is 4.20. The van der Waals surface area contributed by atoms with Crippen molar-refractivity contribution in [2.45, 2.75) is 13.0 Å². The Morgan fingerprint density at radius 3 is 2.47 bits per heavy atom. The highest BCUT2D eigenvalue weighted by Crippen LogP contribution is 2.24. The van der Waals surface area contributed by atoms with Gasteiger partial charge < -0.3 is 9.84 Å². The van der Waals surface area contributed by atoms with Crippen LogP contribution >= 0.6 is 11.6 Å². The fraction of sp³-hybridized carbons (Fsp3) is 0.133. The van der Waals surface area contributed by atoms with Crippen LogP contribution in [0.5, 0.6) is 5.75 Å². The third-order valence-corrected chi connectivity index (χ3v) is 2.89. The summed E-state index contributed by atoms with van der Waals surface area (Å²) in [6, 6.07) is 13.9. The average Bonchev–Trinajstić information content (AvgIpc) is 2.37. The highest BCUT2D eigenvalue weighted by Gasteiger charge is 2.21. The van der Waals surface area contributed by atoms with Gasteiger partial charge in [-0.15, -0.1) is 0 Å². The van der Waals surface area contributed by atoms with E-state index in [-0.39, 0.29) is 0 Å². The summed E-state index contributed by atoms with van der Waals surface area (Å²) in [6.45, 7) is 1.92. The van der Waals surface area contributed by atoms with Gasteiger partial charge in [0, 0.05) is 10.6 Å². The highest BCUT2D eigenvalue weighted by molar-refractivity contribution is 6.30. The van der Waals surface area contributed by atoms with Crippen LogP contribution in [-0.2, 0) is 4.79 Å². The Morgan fingerprint density at radius 2 is 1.89 bits per heavy atom. The maximum atomic E-state index is 11.3. The molecule has 3 nitrogen and oxygen atoms in total. The smallest absolute Gasteiger partial charge is 0.349 e. The van der Waals surface area contributed by atoms with E-state index in [1.807, 2.05) is 19.1 Å². The first-order valence-corrected chi connectivity index (χ1v) is 6.15. The minimum Gasteiger partial charge on any atom is -0.478 e. The van der Waals surface area contributed by atoms with Crippen LogP contribution in [0.2, 0.25) is 5.02 Å². The number of hydrogen-bond donors (Lipinski definition) is 1. The number of ether oxygens (including phenoxy) is 1. The molecule has 0 saturated carbocycles. The standard InChI is InChI=1S/C15H13ClO3/c1-10-3-2-4-13(9-10)19-14(15(17)18)11-5-7-12(16)8-6-11/h2-9,14H,1H3,(H,17,18)/t14-/m1/s1. The third kappa shape index (κ3) is 3.48. The Balaban J connectivity index is 2.26. The number of hydrogen-bond acceptors (Lipinski definition) is 2. The number of aliphatic carboxylic acids is 1. The van der Waals surface area contributed by atoms with E-state index in [0.29, 0.717) is 16.3 Å². The molecule has 0 bridgehead atoms. The lowest BCUT2D eigenvalue weighted by Crippen LogP contribution is -2.18. The van der Waals surface area contributed by atoms with E-state index >= 15 is 0 Å². The predicted octanol–water partition coefficient (Wildman–Crippen LogP) is 3.85. The molecule has 1 atom stereocenters. The van der Waals surface area contributed by atoms with Crippen LogP contribution in [0.1, 0.15) is 17.2 Å². The van der Waals surface area contributed by atoms with E-state index in [2.05, 4.69) is 0 Å². The van der Waals surface area contributed by atoms with E-state index in [1.165, 1.54) is 0 Å². The molecule has 0 aliphatic carbocycles. The molecule has 2 rings (SSSR count). The third-order valence-electron chi connectivity index (χ3n) is 2.64. The molecule has 0 aromatic heterocycles. The second-order valence-corrected chi connectivity index (χ2v) is 4.64. The molecule has 0 saturated heterocycles. The van der Waals surface area contributed by atoms with Crippen LogP contribution < -0.4 is 4.74 Å². The van der Waals surface area contributed by atoms with Gasteiger partial charge in [-0.2, -0.15) is 0 Å².